The van der Waals surface area contributed by atoms with E-state index in [9.17, 15) is 19.8 Å². The Morgan fingerprint density at radius 3 is 2.59 bits per heavy atom. The number of piperidine rings is 1. The standard InChI is InChI=1S/C33H51NO5/c1-5-6-7-22-14-29(39-28(22)18-34-12-10-24(36)11-13-34)32-17-25-21(4)8-9-26(25)31(19-35)16-23(32)15-27(20(2)3)33(31,32)30(37)38/h15,19-26,28-29,36H,5-14,16-18H2,1-4H3,(H,37,38)/t21-,22?,23?,25-,26-,28?,29?,31?,32?,33?/m1/s1. The Morgan fingerprint density at radius 1 is 1.21 bits per heavy atom. The highest BCUT2D eigenvalue weighted by atomic mass is 16.5. The summed E-state index contributed by atoms with van der Waals surface area (Å²) >= 11 is 0. The number of fused-ring (bicyclic) bond motifs is 2. The first-order valence-electron chi connectivity index (χ1n) is 16.1. The summed E-state index contributed by atoms with van der Waals surface area (Å²) in [6, 6.07) is 0. The molecule has 6 aliphatic rings. The number of aliphatic carboxylic acids is 1. The zero-order valence-electron chi connectivity index (χ0n) is 24.6. The predicted octanol–water partition coefficient (Wildman–Crippen LogP) is 5.33. The number of carbonyl (C=O) groups is 2. The van der Waals surface area contributed by atoms with Gasteiger partial charge in [0.25, 0.3) is 0 Å². The molecule has 0 aromatic rings. The minimum absolute atomic E-state index is 0.0869. The number of hydrogen-bond donors (Lipinski definition) is 2. The number of rotatable bonds is 9. The van der Waals surface area contributed by atoms with E-state index in [4.69, 9.17) is 4.74 Å². The normalized spacial score (nSPS) is 47.5. The molecule has 6 heteroatoms. The molecule has 218 valence electrons. The maximum Gasteiger partial charge on any atom is 0.315 e. The Kier molecular flexibility index (Phi) is 7.11. The average molecular weight is 542 g/mol. The Balaban J connectivity index is 1.42. The quantitative estimate of drug-likeness (QED) is 0.303. The van der Waals surface area contributed by atoms with Gasteiger partial charge in [0.05, 0.1) is 23.7 Å². The van der Waals surface area contributed by atoms with Gasteiger partial charge in [-0.05, 0) is 80.5 Å². The fraction of sp³-hybridized carbons (Fsp3) is 0.879. The molecule has 10 atom stereocenters. The second-order valence-corrected chi connectivity index (χ2v) is 14.7. The number of nitrogens with zero attached hydrogens (tertiary/aromatic N) is 1. The molecule has 0 aromatic carbocycles. The number of hydrogen-bond acceptors (Lipinski definition) is 5. The number of aldehydes is 1. The van der Waals surface area contributed by atoms with Crippen LogP contribution in [0.15, 0.2) is 11.6 Å². The number of aliphatic hydroxyl groups is 1. The van der Waals surface area contributed by atoms with E-state index in [0.29, 0.717) is 24.2 Å². The van der Waals surface area contributed by atoms with Crippen molar-refractivity contribution >= 4 is 12.3 Å². The summed E-state index contributed by atoms with van der Waals surface area (Å²) in [5.41, 5.74) is -1.51. The number of aliphatic hydroxyl groups excluding tert-OH is 1. The lowest BCUT2D eigenvalue weighted by molar-refractivity contribution is -0.197. The smallest absolute Gasteiger partial charge is 0.315 e. The average Bonchev–Trinajstić information content (AvgIpc) is 3.61. The molecule has 0 spiro atoms. The number of carbonyl (C=O) groups excluding carboxylic acids is 1. The summed E-state index contributed by atoms with van der Waals surface area (Å²) < 4.78 is 7.20. The van der Waals surface area contributed by atoms with Gasteiger partial charge >= 0.3 is 5.97 Å². The van der Waals surface area contributed by atoms with Crippen LogP contribution in [0, 0.1) is 51.8 Å². The number of ether oxygens (including phenoxy) is 1. The van der Waals surface area contributed by atoms with Crippen molar-refractivity contribution in [3.8, 4) is 0 Å². The molecule has 0 amide bonds. The first-order chi connectivity index (χ1) is 18.7. The summed E-state index contributed by atoms with van der Waals surface area (Å²) in [5.74, 6) is 0.904. The summed E-state index contributed by atoms with van der Waals surface area (Å²) in [5, 5.41) is 21.4. The summed E-state index contributed by atoms with van der Waals surface area (Å²) in [6.45, 7) is 11.5. The van der Waals surface area contributed by atoms with Gasteiger partial charge in [-0.15, -0.1) is 0 Å². The van der Waals surface area contributed by atoms with Gasteiger partial charge in [0, 0.05) is 25.0 Å². The van der Waals surface area contributed by atoms with Crippen molar-refractivity contribution in [3.05, 3.63) is 11.6 Å². The number of allylic oxidation sites excluding steroid dienone is 1. The highest BCUT2D eigenvalue weighted by Crippen LogP contribution is 2.84. The minimum Gasteiger partial charge on any atom is -0.481 e. The van der Waals surface area contributed by atoms with Crippen LogP contribution in [0.4, 0.5) is 0 Å². The Hall–Kier alpha value is -1.24. The third-order valence-corrected chi connectivity index (χ3v) is 12.9. The van der Waals surface area contributed by atoms with Gasteiger partial charge in [-0.3, -0.25) is 4.79 Å². The van der Waals surface area contributed by atoms with Crippen LogP contribution in [0.25, 0.3) is 0 Å². The van der Waals surface area contributed by atoms with Crippen LogP contribution >= 0.6 is 0 Å². The molecule has 5 fully saturated rings. The van der Waals surface area contributed by atoms with Gasteiger partial charge in [0.1, 0.15) is 11.7 Å². The van der Waals surface area contributed by atoms with Crippen molar-refractivity contribution in [2.75, 3.05) is 19.6 Å². The largest absolute Gasteiger partial charge is 0.481 e. The zero-order valence-corrected chi connectivity index (χ0v) is 24.6. The van der Waals surface area contributed by atoms with Crippen LogP contribution < -0.4 is 0 Å². The van der Waals surface area contributed by atoms with Gasteiger partial charge in [-0.25, -0.2) is 0 Å². The van der Waals surface area contributed by atoms with Crippen molar-refractivity contribution in [2.24, 2.45) is 51.8 Å². The van der Waals surface area contributed by atoms with Crippen LogP contribution in [0.5, 0.6) is 0 Å². The first-order valence-corrected chi connectivity index (χ1v) is 16.1. The number of unbranched alkanes of at least 4 members (excludes halogenated alkanes) is 1. The van der Waals surface area contributed by atoms with Gasteiger partial charge in [0.2, 0.25) is 0 Å². The molecular weight excluding hydrogens is 490 g/mol. The van der Waals surface area contributed by atoms with Crippen molar-refractivity contribution in [1.29, 1.82) is 0 Å². The molecule has 4 aliphatic carbocycles. The second-order valence-electron chi connectivity index (χ2n) is 14.7. The van der Waals surface area contributed by atoms with Crippen molar-refractivity contribution in [2.45, 2.75) is 110 Å². The van der Waals surface area contributed by atoms with Gasteiger partial charge < -0.3 is 24.6 Å². The number of carboxylic acid groups (broad SMARTS) is 1. The highest BCUT2D eigenvalue weighted by molar-refractivity contribution is 5.90. The topological polar surface area (TPSA) is 87.1 Å². The number of carboxylic acids is 1. The molecule has 2 N–H and O–H groups in total. The lowest BCUT2D eigenvalue weighted by atomic mass is 9.41. The monoisotopic (exact) mass is 541 g/mol. The van der Waals surface area contributed by atoms with E-state index in [1.165, 1.54) is 0 Å². The van der Waals surface area contributed by atoms with Crippen LogP contribution in [0.3, 0.4) is 0 Å². The van der Waals surface area contributed by atoms with E-state index < -0.39 is 22.2 Å². The Labute approximate surface area is 234 Å². The Morgan fingerprint density at radius 2 is 1.95 bits per heavy atom. The first kappa shape index (κ1) is 27.9. The van der Waals surface area contributed by atoms with Crippen LogP contribution in [0.1, 0.15) is 91.9 Å². The zero-order chi connectivity index (χ0) is 27.7. The van der Waals surface area contributed by atoms with Gasteiger partial charge in [0.15, 0.2) is 0 Å². The van der Waals surface area contributed by atoms with E-state index in [-0.39, 0.29) is 36.1 Å². The van der Waals surface area contributed by atoms with E-state index in [2.05, 4.69) is 38.7 Å². The molecule has 4 bridgehead atoms. The van der Waals surface area contributed by atoms with E-state index in [1.807, 2.05) is 0 Å². The SMILES string of the molecule is CCCCC1CC(C23C[C@@H]4[C@H](C)CC[C@H]4C4(C=O)CC2C=C(C(C)C)C34C(=O)O)OC1CN1CCC(O)CC1. The summed E-state index contributed by atoms with van der Waals surface area (Å²) in [4.78, 5) is 29.8. The van der Waals surface area contributed by atoms with E-state index >= 15 is 0 Å². The third-order valence-electron chi connectivity index (χ3n) is 12.9. The lowest BCUT2D eigenvalue weighted by Gasteiger charge is -2.60. The maximum atomic E-state index is 13.9. The molecule has 2 saturated heterocycles. The van der Waals surface area contributed by atoms with Crippen molar-refractivity contribution in [1.82, 2.24) is 4.90 Å². The molecule has 7 unspecified atom stereocenters. The third kappa shape index (κ3) is 3.62. The predicted molar refractivity (Wildman–Crippen MR) is 150 cm³/mol. The molecule has 3 saturated carbocycles. The lowest BCUT2D eigenvalue weighted by Crippen LogP contribution is -2.65. The van der Waals surface area contributed by atoms with E-state index in [1.54, 1.807) is 0 Å². The van der Waals surface area contributed by atoms with Crippen molar-refractivity contribution < 1.29 is 24.5 Å². The molecule has 39 heavy (non-hydrogen) atoms. The molecule has 6 rings (SSSR count). The molecule has 6 nitrogen and oxygen atoms in total. The maximum absolute atomic E-state index is 13.9. The fourth-order valence-corrected chi connectivity index (χ4v) is 11.3. The van der Waals surface area contributed by atoms with E-state index in [0.717, 1.165) is 89.3 Å². The van der Waals surface area contributed by atoms with Crippen LogP contribution in [-0.4, -0.2) is 65.3 Å². The van der Waals surface area contributed by atoms with Gasteiger partial charge in [-0.1, -0.05) is 58.6 Å². The Bertz CT molecular complexity index is 1000. The van der Waals surface area contributed by atoms with Crippen LogP contribution in [-0.2, 0) is 14.3 Å². The second kappa shape index (κ2) is 9.94. The van der Waals surface area contributed by atoms with Gasteiger partial charge in [-0.2, -0.15) is 0 Å². The number of likely N-dealkylation sites (tertiary alicyclic amines) is 1. The molecule has 2 aliphatic heterocycles. The molecule has 0 aromatic heterocycles. The minimum atomic E-state index is -1.16. The van der Waals surface area contributed by atoms with Crippen LogP contribution in [0.2, 0.25) is 0 Å². The fourth-order valence-electron chi connectivity index (χ4n) is 11.3. The molecule has 0 radical (unpaired) electrons. The summed E-state index contributed by atoms with van der Waals surface area (Å²) in [6.07, 6.45) is 12.8. The highest BCUT2D eigenvalue weighted by Gasteiger charge is 2.86. The molecular formula is C33H51NO5. The summed E-state index contributed by atoms with van der Waals surface area (Å²) in [7, 11) is 0. The molecule has 2 heterocycles. The van der Waals surface area contributed by atoms with Crippen molar-refractivity contribution in [3.63, 3.8) is 0 Å².